The number of carbonyl (C=O) groups excluding carboxylic acids is 1. The summed E-state index contributed by atoms with van der Waals surface area (Å²) in [5, 5.41) is 0. The SMILES string of the molecule is CC1=NCC(C)=C2C[C@H](N3CCOC3=O)CN12. The average Bonchev–Trinajstić information content (AvgIpc) is 2.89. The fourth-order valence-electron chi connectivity index (χ4n) is 2.81. The Balaban J connectivity index is 1.82. The summed E-state index contributed by atoms with van der Waals surface area (Å²) in [6.07, 6.45) is 0.774. The van der Waals surface area contributed by atoms with Crippen molar-refractivity contribution in [2.24, 2.45) is 4.99 Å². The second-order valence-electron chi connectivity index (χ2n) is 4.87. The van der Waals surface area contributed by atoms with Crippen molar-refractivity contribution in [2.75, 3.05) is 26.2 Å². The van der Waals surface area contributed by atoms with E-state index in [1.165, 1.54) is 11.3 Å². The number of amidine groups is 1. The number of amides is 1. The van der Waals surface area contributed by atoms with Crippen LogP contribution in [-0.2, 0) is 4.74 Å². The molecule has 0 radical (unpaired) electrons. The van der Waals surface area contributed by atoms with E-state index in [0.29, 0.717) is 6.61 Å². The molecule has 92 valence electrons. The number of fused-ring (bicyclic) bond motifs is 1. The molecule has 0 saturated carbocycles. The van der Waals surface area contributed by atoms with Gasteiger partial charge in [-0.2, -0.15) is 0 Å². The highest BCUT2D eigenvalue weighted by Gasteiger charge is 2.38. The molecule has 5 nitrogen and oxygen atoms in total. The van der Waals surface area contributed by atoms with Crippen LogP contribution in [0.25, 0.3) is 0 Å². The molecule has 2 saturated heterocycles. The van der Waals surface area contributed by atoms with Gasteiger partial charge in [-0.25, -0.2) is 4.79 Å². The molecule has 0 aromatic heterocycles. The molecule has 0 N–H and O–H groups in total. The zero-order valence-electron chi connectivity index (χ0n) is 10.3. The Hall–Kier alpha value is -1.52. The maximum atomic E-state index is 11.6. The predicted octanol–water partition coefficient (Wildman–Crippen LogP) is 1.22. The number of rotatable bonds is 1. The van der Waals surface area contributed by atoms with Crippen molar-refractivity contribution in [3.05, 3.63) is 11.3 Å². The molecule has 5 heteroatoms. The molecule has 0 aliphatic carbocycles. The number of carbonyl (C=O) groups is 1. The Kier molecular flexibility index (Phi) is 2.34. The van der Waals surface area contributed by atoms with Gasteiger partial charge in [0.25, 0.3) is 0 Å². The van der Waals surface area contributed by atoms with Crippen LogP contribution >= 0.6 is 0 Å². The molecular formula is C12H17N3O2. The lowest BCUT2D eigenvalue weighted by Gasteiger charge is -2.25. The van der Waals surface area contributed by atoms with Crippen LogP contribution in [0.2, 0.25) is 0 Å². The maximum absolute atomic E-state index is 11.6. The number of ether oxygens (including phenoxy) is 1. The van der Waals surface area contributed by atoms with Gasteiger partial charge in [0.1, 0.15) is 12.4 Å². The Bertz CT molecular complexity index is 427. The lowest BCUT2D eigenvalue weighted by Crippen LogP contribution is -2.39. The highest BCUT2D eigenvalue weighted by Crippen LogP contribution is 2.31. The van der Waals surface area contributed by atoms with E-state index in [2.05, 4.69) is 16.8 Å². The van der Waals surface area contributed by atoms with Crippen LogP contribution in [0.15, 0.2) is 16.3 Å². The van der Waals surface area contributed by atoms with Gasteiger partial charge < -0.3 is 9.64 Å². The monoisotopic (exact) mass is 235 g/mol. The Morgan fingerprint density at radius 2 is 2.24 bits per heavy atom. The lowest BCUT2D eigenvalue weighted by atomic mass is 10.1. The largest absolute Gasteiger partial charge is 0.448 e. The van der Waals surface area contributed by atoms with Crippen LogP contribution in [0, 0.1) is 0 Å². The average molecular weight is 235 g/mol. The second-order valence-corrected chi connectivity index (χ2v) is 4.87. The summed E-state index contributed by atoms with van der Waals surface area (Å²) in [4.78, 5) is 20.2. The van der Waals surface area contributed by atoms with Gasteiger partial charge in [-0.15, -0.1) is 0 Å². The molecule has 0 bridgehead atoms. The van der Waals surface area contributed by atoms with Gasteiger partial charge in [0.15, 0.2) is 0 Å². The highest BCUT2D eigenvalue weighted by atomic mass is 16.6. The molecule has 17 heavy (non-hydrogen) atoms. The zero-order valence-corrected chi connectivity index (χ0v) is 10.3. The van der Waals surface area contributed by atoms with Gasteiger partial charge in [-0.1, -0.05) is 0 Å². The summed E-state index contributed by atoms with van der Waals surface area (Å²) >= 11 is 0. The first-order valence-corrected chi connectivity index (χ1v) is 6.07. The first-order chi connectivity index (χ1) is 8.16. The van der Waals surface area contributed by atoms with Crippen LogP contribution in [0.4, 0.5) is 4.79 Å². The topological polar surface area (TPSA) is 45.1 Å². The summed E-state index contributed by atoms with van der Waals surface area (Å²) in [6, 6.07) is 0.248. The van der Waals surface area contributed by atoms with E-state index in [4.69, 9.17) is 4.74 Å². The van der Waals surface area contributed by atoms with Gasteiger partial charge in [0.05, 0.1) is 19.1 Å². The third-order valence-electron chi connectivity index (χ3n) is 3.81. The quantitative estimate of drug-likeness (QED) is 0.686. The number of cyclic esters (lactones) is 1. The first-order valence-electron chi connectivity index (χ1n) is 6.07. The summed E-state index contributed by atoms with van der Waals surface area (Å²) < 4.78 is 5.01. The van der Waals surface area contributed by atoms with Gasteiger partial charge in [-0.3, -0.25) is 9.89 Å². The number of aliphatic imine (C=N–C) groups is 1. The van der Waals surface area contributed by atoms with Crippen LogP contribution < -0.4 is 0 Å². The third-order valence-corrected chi connectivity index (χ3v) is 3.81. The predicted molar refractivity (Wildman–Crippen MR) is 63.8 cm³/mol. The Labute approximate surface area is 101 Å². The standard InChI is InChI=1S/C12H17N3O2/c1-8-6-13-9(2)15-7-10(5-11(8)15)14-3-4-17-12(14)16/h10H,3-7H2,1-2H3/t10-/m0/s1. The second kappa shape index (κ2) is 3.75. The molecule has 3 rings (SSSR count). The van der Waals surface area contributed by atoms with E-state index >= 15 is 0 Å². The number of nitrogens with zero attached hydrogens (tertiary/aromatic N) is 3. The molecule has 3 aliphatic heterocycles. The molecule has 3 aliphatic rings. The van der Waals surface area contributed by atoms with Gasteiger partial charge in [0, 0.05) is 18.7 Å². The van der Waals surface area contributed by atoms with E-state index in [9.17, 15) is 4.79 Å². The maximum Gasteiger partial charge on any atom is 0.410 e. The molecular weight excluding hydrogens is 218 g/mol. The van der Waals surface area contributed by atoms with Crippen molar-refractivity contribution in [3.8, 4) is 0 Å². The van der Waals surface area contributed by atoms with Gasteiger partial charge in [0.2, 0.25) is 0 Å². The molecule has 0 aromatic carbocycles. The van der Waals surface area contributed by atoms with Crippen LogP contribution in [0.1, 0.15) is 20.3 Å². The minimum Gasteiger partial charge on any atom is -0.448 e. The Morgan fingerprint density at radius 3 is 2.88 bits per heavy atom. The lowest BCUT2D eigenvalue weighted by molar-refractivity contribution is 0.149. The van der Waals surface area contributed by atoms with E-state index in [-0.39, 0.29) is 12.1 Å². The molecule has 1 amide bonds. The fraction of sp³-hybridized carbons (Fsp3) is 0.667. The summed E-state index contributed by atoms with van der Waals surface area (Å²) in [6.45, 7) is 7.08. The molecule has 0 aromatic rings. The summed E-state index contributed by atoms with van der Waals surface area (Å²) in [5.74, 6) is 1.07. The van der Waals surface area contributed by atoms with Crippen molar-refractivity contribution in [3.63, 3.8) is 0 Å². The molecule has 2 fully saturated rings. The molecule has 1 atom stereocenters. The first kappa shape index (κ1) is 10.6. The van der Waals surface area contributed by atoms with Crippen LogP contribution in [0.5, 0.6) is 0 Å². The van der Waals surface area contributed by atoms with Crippen molar-refractivity contribution in [2.45, 2.75) is 26.3 Å². The minimum absolute atomic E-state index is 0.164. The van der Waals surface area contributed by atoms with Crippen LogP contribution in [0.3, 0.4) is 0 Å². The third kappa shape index (κ3) is 1.61. The van der Waals surface area contributed by atoms with Crippen molar-refractivity contribution >= 4 is 11.9 Å². The van der Waals surface area contributed by atoms with E-state index in [1.54, 1.807) is 0 Å². The van der Waals surface area contributed by atoms with Crippen molar-refractivity contribution in [1.29, 1.82) is 0 Å². The number of hydrogen-bond acceptors (Lipinski definition) is 4. The van der Waals surface area contributed by atoms with E-state index < -0.39 is 0 Å². The fourth-order valence-corrected chi connectivity index (χ4v) is 2.81. The molecule has 0 unspecified atom stereocenters. The number of hydrogen-bond donors (Lipinski definition) is 0. The van der Waals surface area contributed by atoms with E-state index in [0.717, 1.165) is 31.9 Å². The molecule has 3 heterocycles. The van der Waals surface area contributed by atoms with Crippen molar-refractivity contribution in [1.82, 2.24) is 9.80 Å². The molecule has 0 spiro atoms. The summed E-state index contributed by atoms with van der Waals surface area (Å²) in [5.41, 5.74) is 2.67. The summed E-state index contributed by atoms with van der Waals surface area (Å²) in [7, 11) is 0. The smallest absolute Gasteiger partial charge is 0.410 e. The highest BCUT2D eigenvalue weighted by molar-refractivity contribution is 5.83. The normalized spacial score (nSPS) is 28.5. The van der Waals surface area contributed by atoms with E-state index in [1.807, 2.05) is 11.8 Å². The zero-order chi connectivity index (χ0) is 12.0. The van der Waals surface area contributed by atoms with Gasteiger partial charge >= 0.3 is 6.09 Å². The van der Waals surface area contributed by atoms with Gasteiger partial charge in [-0.05, 0) is 19.4 Å². The Morgan fingerprint density at radius 1 is 1.41 bits per heavy atom. The van der Waals surface area contributed by atoms with Crippen LogP contribution in [-0.4, -0.2) is 54.0 Å². The van der Waals surface area contributed by atoms with Crippen molar-refractivity contribution < 1.29 is 9.53 Å². The minimum atomic E-state index is -0.164.